The number of aromatic nitrogens is 1. The fraction of sp³-hybridized carbons (Fsp3) is 0.444. The van der Waals surface area contributed by atoms with Crippen molar-refractivity contribution in [2.45, 2.75) is 46.2 Å². The number of carbonyl (C=O) groups is 1. The molecular formula is C18H25N3O2S. The van der Waals surface area contributed by atoms with E-state index in [1.807, 2.05) is 45.0 Å². The Hall–Kier alpha value is -1.92. The number of nitrogens with one attached hydrogen (secondary N) is 2. The normalized spacial score (nSPS) is 12.0. The molecule has 6 heteroatoms. The number of hydrogen-bond donors (Lipinski definition) is 3. The van der Waals surface area contributed by atoms with Crippen molar-refractivity contribution in [3.8, 4) is 0 Å². The van der Waals surface area contributed by atoms with Crippen molar-refractivity contribution in [2.24, 2.45) is 0 Å². The first-order chi connectivity index (χ1) is 11.5. The molecule has 0 aliphatic rings. The Balaban J connectivity index is 1.86. The second-order valence-electron chi connectivity index (χ2n) is 5.82. The highest BCUT2D eigenvalue weighted by Crippen LogP contribution is 2.19. The second kappa shape index (κ2) is 8.80. The number of anilines is 1. The van der Waals surface area contributed by atoms with E-state index in [9.17, 15) is 4.79 Å². The van der Waals surface area contributed by atoms with Crippen LogP contribution in [0.2, 0.25) is 0 Å². The average Bonchev–Trinajstić information content (AvgIpc) is 2.89. The van der Waals surface area contributed by atoms with E-state index in [1.165, 1.54) is 4.88 Å². The Morgan fingerprint density at radius 3 is 2.54 bits per heavy atom. The van der Waals surface area contributed by atoms with Crippen molar-refractivity contribution >= 4 is 22.9 Å². The maximum Gasteiger partial charge on any atom is 0.224 e. The van der Waals surface area contributed by atoms with E-state index in [4.69, 9.17) is 5.11 Å². The molecule has 1 aromatic carbocycles. The zero-order valence-electron chi connectivity index (χ0n) is 14.4. The molecular weight excluding hydrogens is 322 g/mol. The molecule has 2 aromatic rings. The van der Waals surface area contributed by atoms with E-state index in [-0.39, 0.29) is 18.6 Å². The minimum absolute atomic E-state index is 0.0262. The summed E-state index contributed by atoms with van der Waals surface area (Å²) < 4.78 is 0. The summed E-state index contributed by atoms with van der Waals surface area (Å²) in [4.78, 5) is 17.6. The SMILES string of the molecule is CCC(CO)NC(=O)Cc1ccc(NCc2sc(C)nc2C)cc1. The van der Waals surface area contributed by atoms with Crippen LogP contribution in [-0.2, 0) is 17.8 Å². The highest BCUT2D eigenvalue weighted by Gasteiger charge is 2.10. The fourth-order valence-electron chi connectivity index (χ4n) is 2.40. The average molecular weight is 347 g/mol. The molecule has 130 valence electrons. The van der Waals surface area contributed by atoms with Crippen LogP contribution in [0.3, 0.4) is 0 Å². The molecule has 3 N–H and O–H groups in total. The molecule has 0 saturated carbocycles. The topological polar surface area (TPSA) is 74.2 Å². The summed E-state index contributed by atoms with van der Waals surface area (Å²) in [6, 6.07) is 7.70. The smallest absolute Gasteiger partial charge is 0.224 e. The van der Waals surface area contributed by atoms with Gasteiger partial charge in [-0.3, -0.25) is 4.79 Å². The third-order valence-electron chi connectivity index (χ3n) is 3.85. The van der Waals surface area contributed by atoms with E-state index >= 15 is 0 Å². The van der Waals surface area contributed by atoms with Crippen molar-refractivity contribution in [3.05, 3.63) is 45.4 Å². The summed E-state index contributed by atoms with van der Waals surface area (Å²) in [6.07, 6.45) is 1.05. The maximum atomic E-state index is 11.9. The molecule has 0 bridgehead atoms. The van der Waals surface area contributed by atoms with E-state index in [1.54, 1.807) is 11.3 Å². The fourth-order valence-corrected chi connectivity index (χ4v) is 3.28. The lowest BCUT2D eigenvalue weighted by Gasteiger charge is -2.14. The summed E-state index contributed by atoms with van der Waals surface area (Å²) >= 11 is 1.71. The molecule has 24 heavy (non-hydrogen) atoms. The molecule has 2 rings (SSSR count). The first-order valence-corrected chi connectivity index (χ1v) is 8.99. The summed E-state index contributed by atoms with van der Waals surface area (Å²) in [5.74, 6) is -0.0626. The van der Waals surface area contributed by atoms with Crippen LogP contribution in [0, 0.1) is 13.8 Å². The lowest BCUT2D eigenvalue weighted by molar-refractivity contribution is -0.121. The van der Waals surface area contributed by atoms with Gasteiger partial charge in [-0.2, -0.15) is 0 Å². The number of rotatable bonds is 8. The minimum Gasteiger partial charge on any atom is -0.394 e. The number of aliphatic hydroxyl groups is 1. The molecule has 1 unspecified atom stereocenters. The summed E-state index contributed by atoms with van der Waals surface area (Å²) in [5.41, 5.74) is 3.05. The third kappa shape index (κ3) is 5.32. The molecule has 1 atom stereocenters. The minimum atomic E-state index is -0.162. The van der Waals surface area contributed by atoms with Crippen molar-refractivity contribution in [2.75, 3.05) is 11.9 Å². The van der Waals surface area contributed by atoms with Crippen LogP contribution in [0.15, 0.2) is 24.3 Å². The second-order valence-corrected chi connectivity index (χ2v) is 7.11. The molecule has 0 aliphatic heterocycles. The molecule has 0 fully saturated rings. The highest BCUT2D eigenvalue weighted by atomic mass is 32.1. The Bertz CT molecular complexity index is 663. The zero-order chi connectivity index (χ0) is 17.5. The molecule has 0 radical (unpaired) electrons. The number of nitrogens with zero attached hydrogens (tertiary/aromatic N) is 1. The number of hydrogen-bond acceptors (Lipinski definition) is 5. The largest absolute Gasteiger partial charge is 0.394 e. The molecule has 1 aromatic heterocycles. The van der Waals surface area contributed by atoms with Crippen molar-refractivity contribution in [1.29, 1.82) is 0 Å². The van der Waals surface area contributed by atoms with Gasteiger partial charge in [0.15, 0.2) is 0 Å². The van der Waals surface area contributed by atoms with Crippen LogP contribution in [-0.4, -0.2) is 28.6 Å². The van der Waals surface area contributed by atoms with Gasteiger partial charge in [0.25, 0.3) is 0 Å². The molecule has 1 amide bonds. The summed E-state index contributed by atoms with van der Waals surface area (Å²) in [5, 5.41) is 16.4. The zero-order valence-corrected chi connectivity index (χ0v) is 15.2. The number of thiazole rings is 1. The predicted octanol–water partition coefficient (Wildman–Crippen LogP) is 2.80. The van der Waals surface area contributed by atoms with E-state index < -0.39 is 0 Å². The molecule has 1 heterocycles. The van der Waals surface area contributed by atoms with E-state index in [0.29, 0.717) is 6.42 Å². The van der Waals surface area contributed by atoms with Crippen LogP contribution in [0.25, 0.3) is 0 Å². The van der Waals surface area contributed by atoms with Gasteiger partial charge < -0.3 is 15.7 Å². The van der Waals surface area contributed by atoms with Gasteiger partial charge in [-0.1, -0.05) is 19.1 Å². The van der Waals surface area contributed by atoms with E-state index in [2.05, 4.69) is 15.6 Å². The Kier molecular flexibility index (Phi) is 6.75. The number of carbonyl (C=O) groups excluding carboxylic acids is 1. The van der Waals surface area contributed by atoms with Gasteiger partial charge >= 0.3 is 0 Å². The number of amides is 1. The van der Waals surface area contributed by atoms with Gasteiger partial charge in [-0.25, -0.2) is 4.98 Å². The summed E-state index contributed by atoms with van der Waals surface area (Å²) in [7, 11) is 0. The first-order valence-electron chi connectivity index (χ1n) is 8.17. The monoisotopic (exact) mass is 347 g/mol. The number of aryl methyl sites for hydroxylation is 2. The Labute approximate surface area is 147 Å². The van der Waals surface area contributed by atoms with Gasteiger partial charge in [0.05, 0.1) is 36.3 Å². The van der Waals surface area contributed by atoms with Crippen LogP contribution in [0.1, 0.15) is 34.5 Å². The predicted molar refractivity (Wildman–Crippen MR) is 98.4 cm³/mol. The molecule has 0 saturated heterocycles. The molecule has 0 aliphatic carbocycles. The molecule has 5 nitrogen and oxygen atoms in total. The Morgan fingerprint density at radius 2 is 2.00 bits per heavy atom. The maximum absolute atomic E-state index is 11.9. The van der Waals surface area contributed by atoms with Gasteiger partial charge in [-0.05, 0) is 38.0 Å². The van der Waals surface area contributed by atoms with Gasteiger partial charge in [0, 0.05) is 10.6 Å². The third-order valence-corrected chi connectivity index (χ3v) is 4.92. The van der Waals surface area contributed by atoms with E-state index in [0.717, 1.165) is 34.9 Å². The highest BCUT2D eigenvalue weighted by molar-refractivity contribution is 7.11. The number of benzene rings is 1. The standard InChI is InChI=1S/C18H25N3O2S/c1-4-15(11-22)21-18(23)9-14-5-7-16(8-6-14)19-10-17-12(2)20-13(3)24-17/h5-8,15,19,22H,4,9-11H2,1-3H3,(H,21,23). The lowest BCUT2D eigenvalue weighted by Crippen LogP contribution is -2.37. The van der Waals surface area contributed by atoms with Crippen molar-refractivity contribution < 1.29 is 9.90 Å². The lowest BCUT2D eigenvalue weighted by atomic mass is 10.1. The van der Waals surface area contributed by atoms with Crippen LogP contribution in [0.4, 0.5) is 5.69 Å². The van der Waals surface area contributed by atoms with Gasteiger partial charge in [-0.15, -0.1) is 11.3 Å². The Morgan fingerprint density at radius 1 is 1.29 bits per heavy atom. The van der Waals surface area contributed by atoms with Crippen LogP contribution < -0.4 is 10.6 Å². The van der Waals surface area contributed by atoms with Crippen molar-refractivity contribution in [1.82, 2.24) is 10.3 Å². The number of aliphatic hydroxyl groups excluding tert-OH is 1. The quantitative estimate of drug-likeness (QED) is 0.686. The van der Waals surface area contributed by atoms with Gasteiger partial charge in [0.1, 0.15) is 0 Å². The summed E-state index contributed by atoms with van der Waals surface area (Å²) in [6.45, 7) is 6.71. The first kappa shape index (κ1) is 18.4. The molecule has 0 spiro atoms. The van der Waals surface area contributed by atoms with Crippen LogP contribution in [0.5, 0.6) is 0 Å². The van der Waals surface area contributed by atoms with Gasteiger partial charge in [0.2, 0.25) is 5.91 Å². The van der Waals surface area contributed by atoms with Crippen molar-refractivity contribution in [3.63, 3.8) is 0 Å². The van der Waals surface area contributed by atoms with Crippen LogP contribution >= 0.6 is 11.3 Å².